The fraction of sp³-hybridized carbons (Fsp3) is 0.720. The first-order valence-electron chi connectivity index (χ1n) is 12.0. The molecule has 1 aliphatic carbocycles. The zero-order chi connectivity index (χ0) is 22.5. The second-order valence-corrected chi connectivity index (χ2v) is 9.24. The van der Waals surface area contributed by atoms with Gasteiger partial charge in [-0.3, -0.25) is 0 Å². The number of ether oxygens (including phenoxy) is 2. The number of carbonyl (C=O) groups excluding carboxylic acids is 1. The van der Waals surface area contributed by atoms with Crippen LogP contribution in [0.2, 0.25) is 5.02 Å². The number of hydrogen-bond donors (Lipinski definition) is 0. The SMILES string of the molecule is CCCCCN(C)CCCCCO[C@H]1CC[C@H](N(C)C(=O)Oc2ccc(Cl)cc2)CC1. The van der Waals surface area contributed by atoms with Gasteiger partial charge in [0.25, 0.3) is 0 Å². The van der Waals surface area contributed by atoms with E-state index in [0.29, 0.717) is 16.9 Å². The molecule has 1 aliphatic rings. The molecule has 1 aromatic carbocycles. The Morgan fingerprint density at radius 3 is 2.26 bits per heavy atom. The van der Waals surface area contributed by atoms with Crippen LogP contribution >= 0.6 is 11.6 Å². The summed E-state index contributed by atoms with van der Waals surface area (Å²) in [5.74, 6) is 0.519. The van der Waals surface area contributed by atoms with E-state index in [-0.39, 0.29) is 12.1 Å². The van der Waals surface area contributed by atoms with Gasteiger partial charge in [-0.1, -0.05) is 31.4 Å². The lowest BCUT2D eigenvalue weighted by Gasteiger charge is -2.34. The Bertz CT molecular complexity index is 618. The van der Waals surface area contributed by atoms with Gasteiger partial charge in [0.1, 0.15) is 5.75 Å². The summed E-state index contributed by atoms with van der Waals surface area (Å²) in [6.45, 7) is 5.51. The van der Waals surface area contributed by atoms with Crippen LogP contribution in [0.15, 0.2) is 24.3 Å². The average molecular weight is 453 g/mol. The summed E-state index contributed by atoms with van der Waals surface area (Å²) >= 11 is 5.88. The highest BCUT2D eigenvalue weighted by Gasteiger charge is 2.27. The first-order valence-corrected chi connectivity index (χ1v) is 12.4. The highest BCUT2D eigenvalue weighted by molar-refractivity contribution is 6.30. The highest BCUT2D eigenvalue weighted by Crippen LogP contribution is 2.26. The molecular weight excluding hydrogens is 412 g/mol. The topological polar surface area (TPSA) is 42.0 Å². The van der Waals surface area contributed by atoms with E-state index >= 15 is 0 Å². The minimum absolute atomic E-state index is 0.211. The van der Waals surface area contributed by atoms with Crippen molar-refractivity contribution in [3.8, 4) is 5.75 Å². The molecule has 0 saturated heterocycles. The smallest absolute Gasteiger partial charge is 0.410 e. The maximum Gasteiger partial charge on any atom is 0.415 e. The van der Waals surface area contributed by atoms with E-state index in [4.69, 9.17) is 21.1 Å². The largest absolute Gasteiger partial charge is 0.415 e. The number of nitrogens with zero attached hydrogens (tertiary/aromatic N) is 2. The van der Waals surface area contributed by atoms with Crippen LogP contribution in [0, 0.1) is 0 Å². The summed E-state index contributed by atoms with van der Waals surface area (Å²) in [5, 5.41) is 0.626. The first-order chi connectivity index (χ1) is 15.0. The molecule has 0 aliphatic heterocycles. The maximum absolute atomic E-state index is 12.4. The number of halogens is 1. The lowest BCUT2D eigenvalue weighted by atomic mass is 9.92. The molecule has 31 heavy (non-hydrogen) atoms. The van der Waals surface area contributed by atoms with Crippen molar-refractivity contribution in [2.75, 3.05) is 33.8 Å². The van der Waals surface area contributed by atoms with Crippen molar-refractivity contribution in [3.05, 3.63) is 29.3 Å². The molecule has 0 heterocycles. The van der Waals surface area contributed by atoms with Gasteiger partial charge in [0.2, 0.25) is 0 Å². The fourth-order valence-electron chi connectivity index (χ4n) is 4.08. The van der Waals surface area contributed by atoms with Gasteiger partial charge in [0.05, 0.1) is 6.10 Å². The minimum Gasteiger partial charge on any atom is -0.410 e. The van der Waals surface area contributed by atoms with E-state index in [9.17, 15) is 4.79 Å². The number of hydrogen-bond acceptors (Lipinski definition) is 4. The summed E-state index contributed by atoms with van der Waals surface area (Å²) < 4.78 is 11.6. The van der Waals surface area contributed by atoms with Crippen molar-refractivity contribution < 1.29 is 14.3 Å². The Morgan fingerprint density at radius 1 is 0.968 bits per heavy atom. The van der Waals surface area contributed by atoms with Crippen molar-refractivity contribution in [2.45, 2.75) is 83.3 Å². The van der Waals surface area contributed by atoms with E-state index < -0.39 is 0 Å². The number of carbonyl (C=O) groups is 1. The number of benzene rings is 1. The Morgan fingerprint density at radius 2 is 1.61 bits per heavy atom. The van der Waals surface area contributed by atoms with Gasteiger partial charge in [0.15, 0.2) is 0 Å². The number of amides is 1. The molecule has 0 bridgehead atoms. The van der Waals surface area contributed by atoms with Crippen LogP contribution in [-0.4, -0.2) is 61.8 Å². The Balaban J connectivity index is 1.53. The van der Waals surface area contributed by atoms with Crippen LogP contribution in [0.4, 0.5) is 4.79 Å². The van der Waals surface area contributed by atoms with E-state index in [0.717, 1.165) is 38.7 Å². The van der Waals surface area contributed by atoms with E-state index in [1.807, 2.05) is 7.05 Å². The molecule has 1 aromatic rings. The highest BCUT2D eigenvalue weighted by atomic mass is 35.5. The molecule has 0 atom stereocenters. The minimum atomic E-state index is -0.314. The van der Waals surface area contributed by atoms with Crippen LogP contribution in [-0.2, 0) is 4.74 Å². The van der Waals surface area contributed by atoms with Gasteiger partial charge in [-0.2, -0.15) is 0 Å². The second-order valence-electron chi connectivity index (χ2n) is 8.81. The van der Waals surface area contributed by atoms with Crippen molar-refractivity contribution in [2.24, 2.45) is 0 Å². The van der Waals surface area contributed by atoms with Crippen LogP contribution in [0.25, 0.3) is 0 Å². The van der Waals surface area contributed by atoms with Crippen LogP contribution in [0.5, 0.6) is 5.75 Å². The molecule has 1 fully saturated rings. The van der Waals surface area contributed by atoms with Gasteiger partial charge in [-0.05, 0) is 95.8 Å². The molecule has 0 spiro atoms. The van der Waals surface area contributed by atoms with Crippen LogP contribution < -0.4 is 4.74 Å². The Kier molecular flexibility index (Phi) is 12.3. The summed E-state index contributed by atoms with van der Waals surface area (Å²) in [7, 11) is 4.05. The average Bonchev–Trinajstić information content (AvgIpc) is 2.77. The fourth-order valence-corrected chi connectivity index (χ4v) is 4.20. The molecule has 2 rings (SSSR count). The van der Waals surface area contributed by atoms with Crippen molar-refractivity contribution in [1.29, 1.82) is 0 Å². The zero-order valence-electron chi connectivity index (χ0n) is 19.7. The van der Waals surface area contributed by atoms with Gasteiger partial charge in [-0.15, -0.1) is 0 Å². The zero-order valence-corrected chi connectivity index (χ0v) is 20.4. The lowest BCUT2D eigenvalue weighted by Crippen LogP contribution is -2.42. The van der Waals surface area contributed by atoms with E-state index in [1.165, 1.54) is 45.2 Å². The third-order valence-corrected chi connectivity index (χ3v) is 6.43. The summed E-state index contributed by atoms with van der Waals surface area (Å²) in [6.07, 6.45) is 11.5. The van der Waals surface area contributed by atoms with Gasteiger partial charge in [0, 0.05) is 24.7 Å². The number of unbranched alkanes of at least 4 members (excludes halogenated alkanes) is 4. The number of rotatable bonds is 13. The van der Waals surface area contributed by atoms with Gasteiger partial charge >= 0.3 is 6.09 Å². The third-order valence-electron chi connectivity index (χ3n) is 6.18. The second kappa shape index (κ2) is 14.7. The lowest BCUT2D eigenvalue weighted by molar-refractivity contribution is 0.0104. The molecule has 0 aromatic heterocycles. The van der Waals surface area contributed by atoms with Crippen molar-refractivity contribution in [3.63, 3.8) is 0 Å². The maximum atomic E-state index is 12.4. The Labute approximate surface area is 194 Å². The predicted molar refractivity (Wildman–Crippen MR) is 128 cm³/mol. The first kappa shape index (κ1) is 26.0. The van der Waals surface area contributed by atoms with Gasteiger partial charge in [-0.25, -0.2) is 4.79 Å². The standard InChI is InChI=1S/C25H41ClN2O3/c1-4-5-7-18-27(2)19-8-6-9-20-30-23-16-12-22(13-17-23)28(3)25(29)31-24-14-10-21(26)11-15-24/h10-11,14-15,22-23H,4-9,12-13,16-20H2,1-3H3/t22-,23-. The van der Waals surface area contributed by atoms with Crippen molar-refractivity contribution in [1.82, 2.24) is 9.80 Å². The third kappa shape index (κ3) is 10.2. The predicted octanol–water partition coefficient (Wildman–Crippen LogP) is 6.39. The summed E-state index contributed by atoms with van der Waals surface area (Å²) in [5.41, 5.74) is 0. The Hall–Kier alpha value is -1.30. The normalized spacial score (nSPS) is 18.9. The summed E-state index contributed by atoms with van der Waals surface area (Å²) in [6, 6.07) is 7.08. The summed E-state index contributed by atoms with van der Waals surface area (Å²) in [4.78, 5) is 16.6. The molecule has 0 radical (unpaired) electrons. The van der Waals surface area contributed by atoms with Crippen LogP contribution in [0.1, 0.15) is 71.1 Å². The molecular formula is C25H41ClN2O3. The van der Waals surface area contributed by atoms with Crippen molar-refractivity contribution >= 4 is 17.7 Å². The molecule has 176 valence electrons. The monoisotopic (exact) mass is 452 g/mol. The molecule has 1 amide bonds. The van der Waals surface area contributed by atoms with E-state index in [1.54, 1.807) is 29.2 Å². The molecule has 6 heteroatoms. The molecule has 5 nitrogen and oxygen atoms in total. The quantitative estimate of drug-likeness (QED) is 0.325. The molecule has 1 saturated carbocycles. The molecule has 0 N–H and O–H groups in total. The van der Waals surface area contributed by atoms with Crippen LogP contribution in [0.3, 0.4) is 0 Å². The molecule has 0 unspecified atom stereocenters. The van der Waals surface area contributed by atoms with E-state index in [2.05, 4.69) is 18.9 Å². The van der Waals surface area contributed by atoms with Gasteiger partial charge < -0.3 is 19.3 Å².